The van der Waals surface area contributed by atoms with Crippen LogP contribution < -0.4 is 0 Å². The second kappa shape index (κ2) is 5.15. The van der Waals surface area contributed by atoms with E-state index in [1.807, 2.05) is 10.9 Å². The maximum Gasteiger partial charge on any atom is 0.0536 e. The van der Waals surface area contributed by atoms with Crippen molar-refractivity contribution in [2.75, 3.05) is 20.6 Å². The highest BCUT2D eigenvalue weighted by Gasteiger charge is 2.05. The number of aromatic nitrogens is 2. The average molecular weight is 195 g/mol. The lowest BCUT2D eigenvalue weighted by Crippen LogP contribution is -2.18. The van der Waals surface area contributed by atoms with E-state index in [1.165, 1.54) is 12.0 Å². The van der Waals surface area contributed by atoms with Crippen LogP contribution in [0.2, 0.25) is 0 Å². The molecule has 0 N–H and O–H groups in total. The highest BCUT2D eigenvalue weighted by atomic mass is 15.3. The van der Waals surface area contributed by atoms with Crippen LogP contribution in [0.3, 0.4) is 0 Å². The summed E-state index contributed by atoms with van der Waals surface area (Å²) in [7, 11) is 4.16. The Morgan fingerprint density at radius 1 is 1.50 bits per heavy atom. The van der Waals surface area contributed by atoms with Gasteiger partial charge in [0.15, 0.2) is 0 Å². The third-order valence-electron chi connectivity index (χ3n) is 2.61. The molecule has 3 heteroatoms. The first-order chi connectivity index (χ1) is 6.63. The fourth-order valence-corrected chi connectivity index (χ4v) is 1.29. The minimum absolute atomic E-state index is 0.628. The van der Waals surface area contributed by atoms with Gasteiger partial charge in [-0.15, -0.1) is 0 Å². The van der Waals surface area contributed by atoms with E-state index < -0.39 is 0 Å². The van der Waals surface area contributed by atoms with Crippen molar-refractivity contribution in [3.8, 4) is 0 Å². The molecule has 0 aliphatic rings. The molecule has 80 valence electrons. The SMILES string of the molecule is CCC(C)c1cnn(CCN(C)C)c1. The minimum atomic E-state index is 0.628. The Hall–Kier alpha value is -0.830. The molecule has 3 nitrogen and oxygen atoms in total. The van der Waals surface area contributed by atoms with Crippen LogP contribution in [0.25, 0.3) is 0 Å². The fraction of sp³-hybridized carbons (Fsp3) is 0.727. The summed E-state index contributed by atoms with van der Waals surface area (Å²) in [4.78, 5) is 2.17. The van der Waals surface area contributed by atoms with E-state index in [2.05, 4.69) is 44.1 Å². The second-order valence-electron chi connectivity index (χ2n) is 4.15. The normalized spacial score (nSPS) is 13.5. The zero-order valence-corrected chi connectivity index (χ0v) is 9.70. The van der Waals surface area contributed by atoms with Gasteiger partial charge in [0.05, 0.1) is 12.7 Å². The van der Waals surface area contributed by atoms with Crippen LogP contribution in [0.5, 0.6) is 0 Å². The third-order valence-corrected chi connectivity index (χ3v) is 2.61. The summed E-state index contributed by atoms with van der Waals surface area (Å²) >= 11 is 0. The maximum atomic E-state index is 4.35. The molecule has 0 aliphatic carbocycles. The van der Waals surface area contributed by atoms with E-state index in [1.54, 1.807) is 0 Å². The van der Waals surface area contributed by atoms with Crippen LogP contribution in [-0.2, 0) is 6.54 Å². The predicted molar refractivity (Wildman–Crippen MR) is 59.5 cm³/mol. The van der Waals surface area contributed by atoms with E-state index in [0.717, 1.165) is 13.1 Å². The van der Waals surface area contributed by atoms with Crippen LogP contribution in [0.4, 0.5) is 0 Å². The average Bonchev–Trinajstić information content (AvgIpc) is 2.62. The summed E-state index contributed by atoms with van der Waals surface area (Å²) < 4.78 is 2.03. The molecule has 1 atom stereocenters. The number of hydrogen-bond donors (Lipinski definition) is 0. The molecule has 1 aromatic heterocycles. The monoisotopic (exact) mass is 195 g/mol. The van der Waals surface area contributed by atoms with Gasteiger partial charge in [-0.1, -0.05) is 13.8 Å². The minimum Gasteiger partial charge on any atom is -0.308 e. The van der Waals surface area contributed by atoms with Gasteiger partial charge >= 0.3 is 0 Å². The number of nitrogens with zero attached hydrogens (tertiary/aromatic N) is 3. The van der Waals surface area contributed by atoms with E-state index in [-0.39, 0.29) is 0 Å². The Labute approximate surface area is 86.7 Å². The zero-order chi connectivity index (χ0) is 10.6. The van der Waals surface area contributed by atoms with Gasteiger partial charge in [0.25, 0.3) is 0 Å². The molecule has 0 bridgehead atoms. The van der Waals surface area contributed by atoms with Crippen LogP contribution >= 0.6 is 0 Å². The van der Waals surface area contributed by atoms with Gasteiger partial charge in [-0.25, -0.2) is 0 Å². The Kier molecular flexibility index (Phi) is 4.14. The largest absolute Gasteiger partial charge is 0.308 e. The van der Waals surface area contributed by atoms with Crippen molar-refractivity contribution in [3.63, 3.8) is 0 Å². The van der Waals surface area contributed by atoms with Crippen LogP contribution in [-0.4, -0.2) is 35.3 Å². The van der Waals surface area contributed by atoms with Gasteiger partial charge in [0.2, 0.25) is 0 Å². The quantitative estimate of drug-likeness (QED) is 0.716. The molecule has 1 unspecified atom stereocenters. The van der Waals surface area contributed by atoms with Crippen molar-refractivity contribution in [1.29, 1.82) is 0 Å². The first-order valence-corrected chi connectivity index (χ1v) is 5.30. The summed E-state index contributed by atoms with van der Waals surface area (Å²) in [6.07, 6.45) is 5.33. The summed E-state index contributed by atoms with van der Waals surface area (Å²) in [5.74, 6) is 0.628. The molecule has 1 rings (SSSR count). The summed E-state index contributed by atoms with van der Waals surface area (Å²) in [5, 5.41) is 4.35. The van der Waals surface area contributed by atoms with Crippen LogP contribution in [0.15, 0.2) is 12.4 Å². The first kappa shape index (κ1) is 11.2. The van der Waals surface area contributed by atoms with Crippen molar-refractivity contribution in [3.05, 3.63) is 18.0 Å². The number of rotatable bonds is 5. The molecule has 0 saturated carbocycles. The lowest BCUT2D eigenvalue weighted by Gasteiger charge is -2.09. The van der Waals surface area contributed by atoms with Crippen molar-refractivity contribution in [2.45, 2.75) is 32.7 Å². The highest BCUT2D eigenvalue weighted by molar-refractivity contribution is 5.09. The molecule has 0 radical (unpaired) electrons. The van der Waals surface area contributed by atoms with E-state index in [4.69, 9.17) is 0 Å². The molecule has 0 aromatic carbocycles. The predicted octanol–water partition coefficient (Wildman–Crippen LogP) is 1.96. The van der Waals surface area contributed by atoms with E-state index >= 15 is 0 Å². The molecule has 0 fully saturated rings. The topological polar surface area (TPSA) is 21.1 Å². The smallest absolute Gasteiger partial charge is 0.0536 e. The van der Waals surface area contributed by atoms with Gasteiger partial charge < -0.3 is 4.90 Å². The molecular weight excluding hydrogens is 174 g/mol. The fourth-order valence-electron chi connectivity index (χ4n) is 1.29. The van der Waals surface area contributed by atoms with Gasteiger partial charge in [0, 0.05) is 12.7 Å². The van der Waals surface area contributed by atoms with E-state index in [9.17, 15) is 0 Å². The van der Waals surface area contributed by atoms with Gasteiger partial charge in [-0.3, -0.25) is 4.68 Å². The van der Waals surface area contributed by atoms with Crippen molar-refractivity contribution >= 4 is 0 Å². The molecule has 0 aliphatic heterocycles. The number of likely N-dealkylation sites (N-methyl/N-ethyl adjacent to an activating group) is 1. The third kappa shape index (κ3) is 3.14. The Morgan fingerprint density at radius 2 is 2.21 bits per heavy atom. The van der Waals surface area contributed by atoms with Crippen molar-refractivity contribution < 1.29 is 0 Å². The van der Waals surface area contributed by atoms with Gasteiger partial charge in [-0.2, -0.15) is 5.10 Å². The molecule has 0 amide bonds. The summed E-state index contributed by atoms with van der Waals surface area (Å²) in [6, 6.07) is 0. The highest BCUT2D eigenvalue weighted by Crippen LogP contribution is 2.16. The van der Waals surface area contributed by atoms with Crippen LogP contribution in [0, 0.1) is 0 Å². The molecule has 14 heavy (non-hydrogen) atoms. The molecule has 1 heterocycles. The molecule has 0 saturated heterocycles. The van der Waals surface area contributed by atoms with E-state index in [0.29, 0.717) is 5.92 Å². The number of hydrogen-bond acceptors (Lipinski definition) is 2. The maximum absolute atomic E-state index is 4.35. The van der Waals surface area contributed by atoms with Crippen molar-refractivity contribution in [1.82, 2.24) is 14.7 Å². The zero-order valence-electron chi connectivity index (χ0n) is 9.70. The molecule has 0 spiro atoms. The Morgan fingerprint density at radius 3 is 2.79 bits per heavy atom. The van der Waals surface area contributed by atoms with Gasteiger partial charge in [0.1, 0.15) is 0 Å². The summed E-state index contributed by atoms with van der Waals surface area (Å²) in [6.45, 7) is 6.47. The van der Waals surface area contributed by atoms with Crippen molar-refractivity contribution in [2.24, 2.45) is 0 Å². The lowest BCUT2D eigenvalue weighted by molar-refractivity contribution is 0.373. The Balaban J connectivity index is 2.50. The first-order valence-electron chi connectivity index (χ1n) is 5.30. The van der Waals surface area contributed by atoms with Gasteiger partial charge in [-0.05, 0) is 32.0 Å². The summed E-state index contributed by atoms with van der Waals surface area (Å²) in [5.41, 5.74) is 1.35. The molecule has 1 aromatic rings. The Bertz CT molecular complexity index is 265. The van der Waals surface area contributed by atoms with Crippen LogP contribution in [0.1, 0.15) is 31.7 Å². The molecular formula is C11H21N3. The standard InChI is InChI=1S/C11H21N3/c1-5-10(2)11-8-12-14(9-11)7-6-13(3)4/h8-10H,5-7H2,1-4H3. The second-order valence-corrected chi connectivity index (χ2v) is 4.15. The lowest BCUT2D eigenvalue weighted by atomic mass is 10.0.